The number of rotatable bonds is 3. The number of hydrogen-bond acceptors (Lipinski definition) is 3. The number of anilines is 1. The molecule has 1 heterocycles. The van der Waals surface area contributed by atoms with E-state index in [0.717, 1.165) is 33.9 Å². The van der Waals surface area contributed by atoms with E-state index in [2.05, 4.69) is 92.4 Å². The maximum atomic E-state index is 9.92. The van der Waals surface area contributed by atoms with Crippen LogP contribution in [-0.4, -0.2) is 10.9 Å². The van der Waals surface area contributed by atoms with E-state index in [1.165, 1.54) is 5.56 Å². The lowest BCUT2D eigenvalue weighted by Crippen LogP contribution is -2.38. The summed E-state index contributed by atoms with van der Waals surface area (Å²) in [7, 11) is 0. The fourth-order valence-electron chi connectivity index (χ4n) is 4.42. The van der Waals surface area contributed by atoms with Gasteiger partial charge < -0.3 is 10.0 Å². The molecule has 1 unspecified atom stereocenters. The molecule has 1 aliphatic rings. The first-order chi connectivity index (χ1) is 15.9. The van der Waals surface area contributed by atoms with Crippen LogP contribution in [0.15, 0.2) is 108 Å². The first-order valence-corrected chi connectivity index (χ1v) is 11.3. The van der Waals surface area contributed by atoms with Gasteiger partial charge in [-0.05, 0) is 46.9 Å². The molecular weight excluding hydrogens is 404 g/mol. The summed E-state index contributed by atoms with van der Waals surface area (Å²) in [5.74, 6) is 1.18. The molecule has 164 valence electrons. The molecule has 0 bridgehead atoms. The zero-order valence-corrected chi connectivity index (χ0v) is 19.2. The Morgan fingerprint density at radius 1 is 0.727 bits per heavy atom. The standard InChI is InChI=1S/C30H28N2O/c1-30(2,3)23-17-13-22(14-18-23)29-31-27-12-8-7-11-26(27)28(21-15-19-25(33)20-16-21)32(29)24-9-5-4-6-10-24/h4-20,28,33H,1-3H3. The number of hydrogen-bond donors (Lipinski definition) is 1. The monoisotopic (exact) mass is 432 g/mol. The third-order valence-electron chi connectivity index (χ3n) is 6.20. The van der Waals surface area contributed by atoms with Crippen LogP contribution in [-0.2, 0) is 5.41 Å². The molecule has 5 rings (SSSR count). The third kappa shape index (κ3) is 4.03. The number of fused-ring (bicyclic) bond motifs is 1. The summed E-state index contributed by atoms with van der Waals surface area (Å²) in [4.78, 5) is 7.46. The van der Waals surface area contributed by atoms with Crippen LogP contribution >= 0.6 is 0 Å². The molecular formula is C30H28N2O. The molecule has 4 aromatic carbocycles. The van der Waals surface area contributed by atoms with E-state index < -0.39 is 0 Å². The molecule has 1 atom stereocenters. The van der Waals surface area contributed by atoms with Crippen LogP contribution in [0.1, 0.15) is 49.1 Å². The Balaban J connectivity index is 1.73. The average molecular weight is 433 g/mol. The van der Waals surface area contributed by atoms with Crippen molar-refractivity contribution in [2.45, 2.75) is 32.2 Å². The number of phenolic OH excluding ortho intramolecular Hbond substituents is 1. The van der Waals surface area contributed by atoms with E-state index in [9.17, 15) is 5.11 Å². The average Bonchev–Trinajstić information content (AvgIpc) is 2.83. The molecule has 0 aromatic heterocycles. The molecule has 1 aliphatic heterocycles. The zero-order chi connectivity index (χ0) is 23.0. The van der Waals surface area contributed by atoms with Crippen molar-refractivity contribution in [3.8, 4) is 5.75 Å². The number of benzene rings is 4. The van der Waals surface area contributed by atoms with Crippen molar-refractivity contribution >= 4 is 17.2 Å². The van der Waals surface area contributed by atoms with E-state index >= 15 is 0 Å². The molecule has 3 heteroatoms. The minimum absolute atomic E-state index is 0.0704. The summed E-state index contributed by atoms with van der Waals surface area (Å²) in [6, 6.07) is 34.9. The molecule has 0 amide bonds. The topological polar surface area (TPSA) is 35.8 Å². The number of amidine groups is 1. The fraction of sp³-hybridized carbons (Fsp3) is 0.167. The lowest BCUT2D eigenvalue weighted by Gasteiger charge is -2.39. The Morgan fingerprint density at radius 2 is 1.36 bits per heavy atom. The second kappa shape index (κ2) is 8.25. The van der Waals surface area contributed by atoms with Crippen LogP contribution in [0.3, 0.4) is 0 Å². The highest BCUT2D eigenvalue weighted by Gasteiger charge is 2.33. The van der Waals surface area contributed by atoms with E-state index in [4.69, 9.17) is 4.99 Å². The maximum absolute atomic E-state index is 9.92. The second-order valence-electron chi connectivity index (χ2n) is 9.52. The minimum Gasteiger partial charge on any atom is -0.508 e. The summed E-state index contributed by atoms with van der Waals surface area (Å²) < 4.78 is 0. The van der Waals surface area contributed by atoms with Crippen LogP contribution in [0.25, 0.3) is 0 Å². The van der Waals surface area contributed by atoms with Crippen LogP contribution in [0.5, 0.6) is 5.75 Å². The molecule has 0 aliphatic carbocycles. The summed E-state index contributed by atoms with van der Waals surface area (Å²) in [6.45, 7) is 6.69. The molecule has 0 saturated carbocycles. The van der Waals surface area contributed by atoms with Crippen molar-refractivity contribution in [2.75, 3.05) is 4.90 Å². The predicted molar refractivity (Wildman–Crippen MR) is 137 cm³/mol. The summed E-state index contributed by atoms with van der Waals surface area (Å²) in [6.07, 6.45) is 0. The Hall–Kier alpha value is -3.85. The summed E-state index contributed by atoms with van der Waals surface area (Å²) >= 11 is 0. The van der Waals surface area contributed by atoms with Gasteiger partial charge in [-0.15, -0.1) is 0 Å². The van der Waals surface area contributed by atoms with Gasteiger partial charge in [0.2, 0.25) is 0 Å². The van der Waals surface area contributed by atoms with Gasteiger partial charge >= 0.3 is 0 Å². The van der Waals surface area contributed by atoms with Gasteiger partial charge in [0, 0.05) is 16.8 Å². The first-order valence-electron chi connectivity index (χ1n) is 11.3. The van der Waals surface area contributed by atoms with Crippen molar-refractivity contribution in [1.29, 1.82) is 0 Å². The van der Waals surface area contributed by atoms with Gasteiger partial charge in [-0.2, -0.15) is 0 Å². The van der Waals surface area contributed by atoms with E-state index in [-0.39, 0.29) is 17.2 Å². The largest absolute Gasteiger partial charge is 0.508 e. The van der Waals surface area contributed by atoms with Gasteiger partial charge in [0.05, 0.1) is 11.7 Å². The number of nitrogens with zero attached hydrogens (tertiary/aromatic N) is 2. The highest BCUT2D eigenvalue weighted by Crippen LogP contribution is 2.43. The van der Waals surface area contributed by atoms with Gasteiger partial charge in [-0.1, -0.05) is 93.6 Å². The highest BCUT2D eigenvalue weighted by molar-refractivity contribution is 6.13. The Morgan fingerprint density at radius 3 is 2.03 bits per heavy atom. The van der Waals surface area contributed by atoms with E-state index in [0.29, 0.717) is 0 Å². The molecule has 0 saturated heterocycles. The Kier molecular flexibility index (Phi) is 5.26. The van der Waals surface area contributed by atoms with Gasteiger partial charge in [0.25, 0.3) is 0 Å². The third-order valence-corrected chi connectivity index (χ3v) is 6.20. The van der Waals surface area contributed by atoms with Crippen molar-refractivity contribution < 1.29 is 5.11 Å². The molecule has 4 aromatic rings. The lowest BCUT2D eigenvalue weighted by molar-refractivity contribution is 0.475. The number of aromatic hydroxyl groups is 1. The van der Waals surface area contributed by atoms with Crippen LogP contribution in [0.2, 0.25) is 0 Å². The smallest absolute Gasteiger partial charge is 0.141 e. The van der Waals surface area contributed by atoms with Gasteiger partial charge in [0.15, 0.2) is 0 Å². The minimum atomic E-state index is -0.0704. The summed E-state index contributed by atoms with van der Waals surface area (Å²) in [5, 5.41) is 9.92. The van der Waals surface area contributed by atoms with Crippen LogP contribution < -0.4 is 4.90 Å². The van der Waals surface area contributed by atoms with Gasteiger partial charge in [-0.3, -0.25) is 0 Å². The Labute approximate surface area is 195 Å². The highest BCUT2D eigenvalue weighted by atomic mass is 16.3. The molecule has 3 nitrogen and oxygen atoms in total. The van der Waals surface area contributed by atoms with Crippen molar-refractivity contribution in [3.63, 3.8) is 0 Å². The van der Waals surface area contributed by atoms with Gasteiger partial charge in [0.1, 0.15) is 11.6 Å². The normalized spacial score (nSPS) is 15.7. The molecule has 33 heavy (non-hydrogen) atoms. The molecule has 0 radical (unpaired) electrons. The van der Waals surface area contributed by atoms with Crippen LogP contribution in [0, 0.1) is 0 Å². The number of aliphatic imine (C=N–C) groups is 1. The molecule has 1 N–H and O–H groups in total. The van der Waals surface area contributed by atoms with E-state index in [1.54, 1.807) is 12.1 Å². The van der Waals surface area contributed by atoms with Crippen molar-refractivity contribution in [3.05, 3.63) is 125 Å². The fourth-order valence-corrected chi connectivity index (χ4v) is 4.42. The summed E-state index contributed by atoms with van der Waals surface area (Å²) in [5.41, 5.74) is 6.74. The SMILES string of the molecule is CC(C)(C)c1ccc(C2=Nc3ccccc3C(c3ccc(O)cc3)N2c2ccccc2)cc1. The predicted octanol–water partition coefficient (Wildman–Crippen LogP) is 7.38. The van der Waals surface area contributed by atoms with Crippen molar-refractivity contribution in [2.24, 2.45) is 4.99 Å². The first kappa shape index (κ1) is 21.0. The molecule has 0 fully saturated rings. The molecule has 0 spiro atoms. The maximum Gasteiger partial charge on any atom is 0.141 e. The zero-order valence-electron chi connectivity index (χ0n) is 19.2. The number of para-hydroxylation sites is 2. The van der Waals surface area contributed by atoms with Crippen molar-refractivity contribution in [1.82, 2.24) is 0 Å². The second-order valence-corrected chi connectivity index (χ2v) is 9.52. The van der Waals surface area contributed by atoms with Crippen LogP contribution in [0.4, 0.5) is 11.4 Å². The Bertz CT molecular complexity index is 1280. The van der Waals surface area contributed by atoms with E-state index in [1.807, 2.05) is 24.3 Å². The quantitative estimate of drug-likeness (QED) is 0.367. The van der Waals surface area contributed by atoms with Gasteiger partial charge in [-0.25, -0.2) is 4.99 Å². The number of phenols is 1. The lowest BCUT2D eigenvalue weighted by atomic mass is 9.86.